The SMILES string of the molecule is CCOC(=O)CNC(=O)N1CCC(CCn2cnc(N)c3nc(Sc4cc5c(cc4Br)OCO5)nc2-3)CC1. The summed E-state index contributed by atoms with van der Waals surface area (Å²) in [7, 11) is 0. The number of urea groups is 1. The first-order chi connectivity index (χ1) is 18.4. The molecule has 1 aromatic carbocycles. The topological polar surface area (TPSA) is 147 Å². The number of aryl methyl sites for hydroxylation is 1. The predicted molar refractivity (Wildman–Crippen MR) is 142 cm³/mol. The third-order valence-electron chi connectivity index (χ3n) is 6.47. The molecular weight excluding hydrogens is 578 g/mol. The van der Waals surface area contributed by atoms with Gasteiger partial charge in [-0.1, -0.05) is 0 Å². The molecule has 4 heterocycles. The molecule has 202 valence electrons. The van der Waals surface area contributed by atoms with Gasteiger partial charge in [0.1, 0.15) is 6.54 Å². The fourth-order valence-corrected chi connectivity index (χ4v) is 5.79. The van der Waals surface area contributed by atoms with Crippen molar-refractivity contribution in [1.82, 2.24) is 29.7 Å². The van der Waals surface area contributed by atoms with Gasteiger partial charge in [0.25, 0.3) is 0 Å². The average Bonchev–Trinajstić information content (AvgIpc) is 3.55. The number of nitrogens with zero attached hydrogens (tertiary/aromatic N) is 5. The minimum atomic E-state index is -0.433. The van der Waals surface area contributed by atoms with Gasteiger partial charge in [0.15, 0.2) is 34.0 Å². The largest absolute Gasteiger partial charge is 0.465 e. The molecule has 0 unspecified atom stereocenters. The Morgan fingerprint density at radius 2 is 2.00 bits per heavy atom. The van der Waals surface area contributed by atoms with Gasteiger partial charge in [0.05, 0.1) is 12.9 Å². The van der Waals surface area contributed by atoms with Crippen LogP contribution in [0.5, 0.6) is 11.5 Å². The number of rotatable bonds is 8. The zero-order valence-corrected chi connectivity index (χ0v) is 23.2. The molecule has 12 nitrogen and oxygen atoms in total. The number of carbonyl (C=O) groups is 2. The molecule has 0 aliphatic carbocycles. The summed E-state index contributed by atoms with van der Waals surface area (Å²) in [5, 5.41) is 3.19. The van der Waals surface area contributed by atoms with E-state index in [2.05, 4.69) is 31.2 Å². The number of nitrogens with one attached hydrogen (secondary N) is 1. The second-order valence-corrected chi connectivity index (χ2v) is 10.8. The molecule has 2 amide bonds. The number of anilines is 1. The van der Waals surface area contributed by atoms with Crippen molar-refractivity contribution in [2.24, 2.45) is 5.92 Å². The maximum atomic E-state index is 12.3. The van der Waals surface area contributed by atoms with Crippen molar-refractivity contribution in [1.29, 1.82) is 0 Å². The number of amides is 2. The van der Waals surface area contributed by atoms with Crippen molar-refractivity contribution in [3.8, 4) is 23.0 Å². The van der Waals surface area contributed by atoms with Crippen molar-refractivity contribution < 1.29 is 23.8 Å². The molecule has 0 saturated carbocycles. The number of nitrogen functional groups attached to an aromatic ring is 1. The van der Waals surface area contributed by atoms with Crippen LogP contribution < -0.4 is 20.5 Å². The van der Waals surface area contributed by atoms with Crippen molar-refractivity contribution in [2.45, 2.75) is 42.8 Å². The van der Waals surface area contributed by atoms with E-state index in [-0.39, 0.29) is 19.4 Å². The summed E-state index contributed by atoms with van der Waals surface area (Å²) in [6, 6.07) is 3.54. The minimum Gasteiger partial charge on any atom is -0.465 e. The van der Waals surface area contributed by atoms with Crippen LogP contribution in [-0.2, 0) is 16.1 Å². The Kier molecular flexibility index (Phi) is 8.07. The quantitative estimate of drug-likeness (QED) is 0.366. The Hall–Kier alpha value is -3.26. The monoisotopic (exact) mass is 605 g/mol. The number of esters is 1. The average molecular weight is 607 g/mol. The van der Waals surface area contributed by atoms with E-state index < -0.39 is 5.97 Å². The van der Waals surface area contributed by atoms with Gasteiger partial charge in [0, 0.05) is 29.0 Å². The summed E-state index contributed by atoms with van der Waals surface area (Å²) < 4.78 is 18.6. The Morgan fingerprint density at radius 1 is 1.24 bits per heavy atom. The van der Waals surface area contributed by atoms with Gasteiger partial charge in [-0.05, 0) is 71.9 Å². The van der Waals surface area contributed by atoms with Crippen LogP contribution in [0.2, 0.25) is 0 Å². The van der Waals surface area contributed by atoms with Crippen LogP contribution >= 0.6 is 27.7 Å². The van der Waals surface area contributed by atoms with Crippen LogP contribution in [0.25, 0.3) is 11.5 Å². The maximum absolute atomic E-state index is 12.3. The van der Waals surface area contributed by atoms with Gasteiger partial charge in [-0.25, -0.2) is 19.7 Å². The second kappa shape index (κ2) is 11.6. The zero-order chi connectivity index (χ0) is 26.6. The molecular formula is C24H28BrN7O5S. The van der Waals surface area contributed by atoms with Gasteiger partial charge in [-0.3, -0.25) is 4.79 Å². The molecule has 4 aliphatic heterocycles. The number of ether oxygens (including phenoxy) is 3. The Labute approximate surface area is 232 Å². The Balaban J connectivity index is 1.18. The van der Waals surface area contributed by atoms with E-state index in [0.717, 1.165) is 28.6 Å². The van der Waals surface area contributed by atoms with Crippen LogP contribution in [0.4, 0.5) is 10.6 Å². The highest BCUT2D eigenvalue weighted by Crippen LogP contribution is 2.43. The van der Waals surface area contributed by atoms with Gasteiger partial charge in [-0.15, -0.1) is 0 Å². The number of benzene rings is 1. The lowest BCUT2D eigenvalue weighted by molar-refractivity contribution is -0.141. The lowest BCUT2D eigenvalue weighted by Gasteiger charge is -2.32. The summed E-state index contributed by atoms with van der Waals surface area (Å²) >= 11 is 4.99. The highest BCUT2D eigenvalue weighted by atomic mass is 79.9. The number of carbonyl (C=O) groups excluding carboxylic acids is 2. The molecule has 5 rings (SSSR count). The number of aromatic nitrogens is 4. The molecule has 1 fully saturated rings. The lowest BCUT2D eigenvalue weighted by atomic mass is 9.93. The van der Waals surface area contributed by atoms with Gasteiger partial charge < -0.3 is 34.7 Å². The van der Waals surface area contributed by atoms with Crippen LogP contribution in [0, 0.1) is 5.92 Å². The van der Waals surface area contributed by atoms with Gasteiger partial charge >= 0.3 is 12.0 Å². The summed E-state index contributed by atoms with van der Waals surface area (Å²) in [6.45, 7) is 4.10. The molecule has 1 saturated heterocycles. The standard InChI is InChI=1S/C24H28BrN7O5S/c1-2-35-19(33)11-27-24(34)31-6-3-14(4-7-31)5-8-32-12-28-21(26)20-22(32)30-23(29-20)38-18-10-17-16(9-15(18)25)36-13-37-17/h9-10,12,14H,2-8,11,13,26H2,1H3,(H,27,34). The number of piperidine rings is 1. The van der Waals surface area contributed by atoms with Crippen LogP contribution in [-0.4, -0.2) is 69.5 Å². The molecule has 3 N–H and O–H groups in total. The van der Waals surface area contributed by atoms with E-state index >= 15 is 0 Å². The first-order valence-electron chi connectivity index (χ1n) is 12.3. The van der Waals surface area contributed by atoms with Crippen LogP contribution in [0.15, 0.2) is 33.0 Å². The second-order valence-electron chi connectivity index (χ2n) is 8.92. The summed E-state index contributed by atoms with van der Waals surface area (Å²) in [4.78, 5) is 40.2. The van der Waals surface area contributed by atoms with E-state index in [4.69, 9.17) is 24.9 Å². The Morgan fingerprint density at radius 3 is 2.76 bits per heavy atom. The number of nitrogens with two attached hydrogens (primary N) is 1. The van der Waals surface area contributed by atoms with E-state index in [1.165, 1.54) is 11.8 Å². The fraction of sp³-hybridized carbons (Fsp3) is 0.458. The molecule has 0 radical (unpaired) electrons. The zero-order valence-electron chi connectivity index (χ0n) is 20.8. The fourth-order valence-electron chi connectivity index (χ4n) is 4.44. The molecule has 0 spiro atoms. The van der Waals surface area contributed by atoms with Gasteiger partial charge in [0.2, 0.25) is 6.79 Å². The Bertz CT molecular complexity index is 1300. The lowest BCUT2D eigenvalue weighted by Crippen LogP contribution is -2.46. The van der Waals surface area contributed by atoms with Crippen LogP contribution in [0.1, 0.15) is 26.2 Å². The number of hydrogen-bond acceptors (Lipinski definition) is 10. The molecule has 4 aliphatic rings. The highest BCUT2D eigenvalue weighted by Gasteiger charge is 2.25. The minimum absolute atomic E-state index is 0.115. The smallest absolute Gasteiger partial charge is 0.325 e. The maximum Gasteiger partial charge on any atom is 0.325 e. The van der Waals surface area contributed by atoms with E-state index in [1.807, 2.05) is 16.7 Å². The third-order valence-corrected chi connectivity index (χ3v) is 8.31. The van der Waals surface area contributed by atoms with Crippen molar-refractivity contribution in [3.05, 3.63) is 22.9 Å². The molecule has 14 heteroatoms. The van der Waals surface area contributed by atoms with Crippen molar-refractivity contribution in [2.75, 3.05) is 38.8 Å². The molecule has 0 aromatic heterocycles. The van der Waals surface area contributed by atoms with E-state index in [1.54, 1.807) is 18.2 Å². The van der Waals surface area contributed by atoms with Crippen LogP contribution in [0.3, 0.4) is 0 Å². The van der Waals surface area contributed by atoms with Crippen molar-refractivity contribution in [3.63, 3.8) is 0 Å². The van der Waals surface area contributed by atoms with Gasteiger partial charge in [-0.2, -0.15) is 0 Å². The van der Waals surface area contributed by atoms with E-state index in [9.17, 15) is 9.59 Å². The van der Waals surface area contributed by atoms with E-state index in [0.29, 0.717) is 66.2 Å². The summed E-state index contributed by atoms with van der Waals surface area (Å²) in [5.41, 5.74) is 6.69. The molecule has 0 bridgehead atoms. The summed E-state index contributed by atoms with van der Waals surface area (Å²) in [5.74, 6) is 2.42. The molecule has 38 heavy (non-hydrogen) atoms. The number of halogens is 1. The number of imidazole rings is 1. The third kappa shape index (κ3) is 5.90. The molecule has 1 aromatic rings. The summed E-state index contributed by atoms with van der Waals surface area (Å²) in [6.07, 6.45) is 4.37. The molecule has 0 atom stereocenters. The first kappa shape index (κ1) is 26.4. The number of hydrogen-bond donors (Lipinski definition) is 2. The number of likely N-dealkylation sites (tertiary alicyclic amines) is 1. The highest BCUT2D eigenvalue weighted by molar-refractivity contribution is 9.10. The van der Waals surface area contributed by atoms with Crippen molar-refractivity contribution >= 4 is 45.5 Å². The first-order valence-corrected chi connectivity index (χ1v) is 14.0. The number of fused-ring (bicyclic) bond motifs is 2. The predicted octanol–water partition coefficient (Wildman–Crippen LogP) is 3.38. The normalized spacial score (nSPS) is 15.2.